The number of Topliss-reactive ketones (excluding diaryl/α,β-unsaturated/α-hetero) is 2. The molecule has 0 aromatic carbocycles. The minimum absolute atomic E-state index is 0.0731. The van der Waals surface area contributed by atoms with Crippen LogP contribution < -0.4 is 11.5 Å². The molecule has 4 aliphatic carbocycles. The highest BCUT2D eigenvalue weighted by Crippen LogP contribution is 2.38. The molecule has 0 aromatic rings. The average molecular weight is 930 g/mol. The van der Waals surface area contributed by atoms with E-state index in [0.717, 1.165) is 50.4 Å². The van der Waals surface area contributed by atoms with E-state index in [1.54, 1.807) is 6.92 Å². The predicted octanol–water partition coefficient (Wildman–Crippen LogP) is 7.18. The van der Waals surface area contributed by atoms with Crippen molar-refractivity contribution in [2.24, 2.45) is 40.1 Å². The van der Waals surface area contributed by atoms with E-state index in [1.165, 1.54) is 77.0 Å². The molecule has 2 heterocycles. The second-order valence-corrected chi connectivity index (χ2v) is 20.3. The Bertz CT molecular complexity index is 1470. The topological polar surface area (TPSA) is 214 Å². The van der Waals surface area contributed by atoms with Gasteiger partial charge in [0.1, 0.15) is 23.7 Å². The normalized spacial score (nSPS) is 29.9. The summed E-state index contributed by atoms with van der Waals surface area (Å²) in [7, 11) is 0. The number of aliphatic imine (C=N–C) groups is 1. The van der Waals surface area contributed by atoms with Gasteiger partial charge < -0.3 is 44.6 Å². The minimum Gasteiger partial charge on any atom is -0.464 e. The first-order valence-electron chi connectivity index (χ1n) is 26.2. The zero-order valence-electron chi connectivity index (χ0n) is 40.1. The Hall–Kier alpha value is -2.98. The number of nitrogens with zero attached hydrogens (tertiary/aromatic N) is 1. The number of hydrogen-bond donors (Lipinski definition) is 2. The summed E-state index contributed by atoms with van der Waals surface area (Å²) in [6.45, 7) is 2.77. The van der Waals surface area contributed by atoms with Crippen LogP contribution in [0.25, 0.3) is 0 Å². The summed E-state index contributed by atoms with van der Waals surface area (Å²) in [5.41, 5.74) is 12.0. The van der Waals surface area contributed by atoms with Crippen LogP contribution in [0.5, 0.6) is 0 Å². The van der Waals surface area contributed by atoms with Crippen LogP contribution in [0.2, 0.25) is 0 Å². The van der Waals surface area contributed by atoms with Crippen molar-refractivity contribution < 1.29 is 57.1 Å². The molecule has 374 valence electrons. The quantitative estimate of drug-likeness (QED) is 0.0305. The fourth-order valence-electron chi connectivity index (χ4n) is 11.4. The third-order valence-corrected chi connectivity index (χ3v) is 15.1. The molecule has 4 saturated carbocycles. The number of amidine groups is 1. The summed E-state index contributed by atoms with van der Waals surface area (Å²) in [6, 6.07) is -0.891. The molecule has 2 aliphatic heterocycles. The van der Waals surface area contributed by atoms with Gasteiger partial charge in [-0.25, -0.2) is 9.59 Å². The lowest BCUT2D eigenvalue weighted by Crippen LogP contribution is -2.53. The molecule has 66 heavy (non-hydrogen) atoms. The number of hydrogen-bond acceptors (Lipinski definition) is 14. The summed E-state index contributed by atoms with van der Waals surface area (Å²) in [4.78, 5) is 71.2. The number of carbonyl (C=O) groups is 5. The standard InChI is InChI=1S/C51H83N3O12/c1-34(52)54-27-11-8-22-38(53)49(57)64-37(32-62-41-23-14-25-43-47(41)39(55)30-45(65-43)50(58)60-28-12-9-20-35-16-4-2-5-17-35)33-63-42-24-15-26-44-48(42)40(56)31-46(66-44)51(59)61-29-13-10-21-36-18-6-3-7-19-36/h35-38,41-48H,2-33,53H2,1H3,(H2,52,54)/t37?,38-,41?,42?,43?,44?,45?,46?,47?,48?/m0/s1. The summed E-state index contributed by atoms with van der Waals surface area (Å²) >= 11 is 0. The number of carbonyl (C=O) groups excluding carboxylic acids is 5. The monoisotopic (exact) mass is 930 g/mol. The Morgan fingerprint density at radius 1 is 0.636 bits per heavy atom. The second-order valence-electron chi connectivity index (χ2n) is 20.3. The third-order valence-electron chi connectivity index (χ3n) is 15.1. The zero-order valence-corrected chi connectivity index (χ0v) is 40.1. The van der Waals surface area contributed by atoms with Crippen molar-refractivity contribution in [1.29, 1.82) is 0 Å². The highest BCUT2D eigenvalue weighted by atomic mass is 16.6. The number of ether oxygens (including phenoxy) is 7. The van der Waals surface area contributed by atoms with Crippen molar-refractivity contribution in [1.82, 2.24) is 0 Å². The second kappa shape index (κ2) is 27.9. The predicted molar refractivity (Wildman–Crippen MR) is 247 cm³/mol. The van der Waals surface area contributed by atoms with Crippen molar-refractivity contribution in [3.05, 3.63) is 0 Å². The van der Waals surface area contributed by atoms with Gasteiger partial charge in [-0.05, 0) is 102 Å². The molecule has 0 spiro atoms. The molecule has 4 N–H and O–H groups in total. The van der Waals surface area contributed by atoms with Crippen LogP contribution in [-0.2, 0) is 57.1 Å². The van der Waals surface area contributed by atoms with E-state index in [9.17, 15) is 24.0 Å². The maximum Gasteiger partial charge on any atom is 0.335 e. The molecule has 15 nitrogen and oxygen atoms in total. The number of nitrogens with two attached hydrogens (primary N) is 2. The molecular weight excluding hydrogens is 847 g/mol. The van der Waals surface area contributed by atoms with Gasteiger partial charge in [0.15, 0.2) is 12.2 Å². The number of fused-ring (bicyclic) bond motifs is 2. The van der Waals surface area contributed by atoms with Crippen molar-refractivity contribution in [3.8, 4) is 0 Å². The van der Waals surface area contributed by atoms with Gasteiger partial charge in [0.05, 0.1) is 68.5 Å². The zero-order chi connectivity index (χ0) is 46.7. The van der Waals surface area contributed by atoms with Gasteiger partial charge in [0.25, 0.3) is 0 Å². The van der Waals surface area contributed by atoms with Crippen molar-refractivity contribution in [2.45, 2.75) is 229 Å². The molecule has 0 bridgehead atoms. The van der Waals surface area contributed by atoms with Gasteiger partial charge in [-0.15, -0.1) is 0 Å². The Balaban J connectivity index is 0.988. The highest BCUT2D eigenvalue weighted by molar-refractivity contribution is 5.90. The van der Waals surface area contributed by atoms with E-state index in [-0.39, 0.29) is 37.6 Å². The summed E-state index contributed by atoms with van der Waals surface area (Å²) in [5, 5.41) is 0. The molecule has 0 amide bonds. The molecular formula is C51H83N3O12. The van der Waals surface area contributed by atoms with Crippen LogP contribution in [0.4, 0.5) is 0 Å². The van der Waals surface area contributed by atoms with Gasteiger partial charge in [0, 0.05) is 19.4 Å². The summed E-state index contributed by atoms with van der Waals surface area (Å²) in [6.07, 6.45) is 19.8. The first kappa shape index (κ1) is 52.4. The largest absolute Gasteiger partial charge is 0.464 e. The van der Waals surface area contributed by atoms with Crippen molar-refractivity contribution in [3.63, 3.8) is 0 Å². The molecule has 9 atom stereocenters. The number of ketones is 2. The van der Waals surface area contributed by atoms with Crippen LogP contribution >= 0.6 is 0 Å². The van der Waals surface area contributed by atoms with Crippen LogP contribution in [0.15, 0.2) is 4.99 Å². The Morgan fingerprint density at radius 3 is 1.59 bits per heavy atom. The molecule has 15 heteroatoms. The fourth-order valence-corrected chi connectivity index (χ4v) is 11.4. The molecule has 6 aliphatic rings. The SMILES string of the molecule is CC(N)=NCCCC[C@H](N)C(=O)OC(COC1CCCC2OC(C(=O)OCCCCC3CCCCC3)CC(=O)C12)COC1CCCC2OC(C(=O)OCCCCC3CCCCC3)CC(=O)C12. The Kier molecular flexibility index (Phi) is 22.1. The molecule has 2 saturated heterocycles. The smallest absolute Gasteiger partial charge is 0.335 e. The average Bonchev–Trinajstić information content (AvgIpc) is 3.32. The van der Waals surface area contributed by atoms with Crippen molar-refractivity contribution in [2.75, 3.05) is 33.0 Å². The van der Waals surface area contributed by atoms with Crippen LogP contribution in [-0.4, -0.2) is 117 Å². The lowest BCUT2D eigenvalue weighted by Gasteiger charge is -2.42. The first-order valence-corrected chi connectivity index (χ1v) is 26.2. The van der Waals surface area contributed by atoms with Gasteiger partial charge in [0.2, 0.25) is 0 Å². The first-order chi connectivity index (χ1) is 32.0. The molecule has 0 radical (unpaired) electrons. The summed E-state index contributed by atoms with van der Waals surface area (Å²) in [5.74, 6) is -0.852. The van der Waals surface area contributed by atoms with E-state index < -0.39 is 78.5 Å². The Labute approximate surface area is 393 Å². The molecule has 0 aromatic heterocycles. The number of unbranched alkanes of at least 4 members (excludes halogenated alkanes) is 3. The van der Waals surface area contributed by atoms with E-state index in [4.69, 9.17) is 44.6 Å². The number of esters is 3. The van der Waals surface area contributed by atoms with Crippen LogP contribution in [0.1, 0.15) is 180 Å². The summed E-state index contributed by atoms with van der Waals surface area (Å²) < 4.78 is 42.5. The number of rotatable bonds is 25. The highest BCUT2D eigenvalue weighted by Gasteiger charge is 2.49. The minimum atomic E-state index is -0.932. The lowest BCUT2D eigenvalue weighted by atomic mass is 9.77. The molecule has 6 fully saturated rings. The molecule has 6 rings (SSSR count). The molecule has 8 unspecified atom stereocenters. The fraction of sp³-hybridized carbons (Fsp3) is 0.882. The van der Waals surface area contributed by atoms with Gasteiger partial charge in [-0.3, -0.25) is 19.4 Å². The maximum absolute atomic E-state index is 13.7. The van der Waals surface area contributed by atoms with E-state index in [0.29, 0.717) is 70.5 Å². The third kappa shape index (κ3) is 16.6. The van der Waals surface area contributed by atoms with Crippen LogP contribution in [0, 0.1) is 23.7 Å². The van der Waals surface area contributed by atoms with Gasteiger partial charge in [-0.2, -0.15) is 0 Å². The lowest BCUT2D eigenvalue weighted by molar-refractivity contribution is -0.195. The van der Waals surface area contributed by atoms with Gasteiger partial charge >= 0.3 is 17.9 Å². The maximum atomic E-state index is 13.7. The van der Waals surface area contributed by atoms with E-state index in [1.807, 2.05) is 0 Å². The Morgan fingerprint density at radius 2 is 1.12 bits per heavy atom. The van der Waals surface area contributed by atoms with Crippen molar-refractivity contribution >= 4 is 35.3 Å². The van der Waals surface area contributed by atoms with Crippen LogP contribution in [0.3, 0.4) is 0 Å². The van der Waals surface area contributed by atoms with Gasteiger partial charge in [-0.1, -0.05) is 77.0 Å². The van der Waals surface area contributed by atoms with E-state index in [2.05, 4.69) is 4.99 Å². The van der Waals surface area contributed by atoms with E-state index >= 15 is 0 Å².